The van der Waals surface area contributed by atoms with Crippen molar-refractivity contribution in [2.24, 2.45) is 0 Å². The first-order chi connectivity index (χ1) is 12.9. The van der Waals surface area contributed by atoms with E-state index in [4.69, 9.17) is 0 Å². The Morgan fingerprint density at radius 3 is 2.41 bits per heavy atom. The van der Waals surface area contributed by atoms with Crippen molar-refractivity contribution in [3.05, 3.63) is 59.4 Å². The van der Waals surface area contributed by atoms with Crippen LogP contribution in [0.5, 0.6) is 0 Å². The molecular formula is C20H23F3N3O+. The third-order valence-corrected chi connectivity index (χ3v) is 5.16. The summed E-state index contributed by atoms with van der Waals surface area (Å²) in [4.78, 5) is 15.8. The van der Waals surface area contributed by atoms with Crippen LogP contribution in [0.1, 0.15) is 12.5 Å². The molecule has 0 bridgehead atoms. The Hall–Kier alpha value is -2.54. The van der Waals surface area contributed by atoms with Gasteiger partial charge in [-0.1, -0.05) is 18.2 Å². The molecule has 0 aliphatic carbocycles. The number of para-hydroxylation sites is 1. The first-order valence-corrected chi connectivity index (χ1v) is 8.98. The van der Waals surface area contributed by atoms with Gasteiger partial charge in [0, 0.05) is 5.69 Å². The van der Waals surface area contributed by atoms with Crippen LogP contribution < -0.4 is 15.1 Å². The summed E-state index contributed by atoms with van der Waals surface area (Å²) in [5.74, 6) is -4.66. The number of amides is 1. The normalized spacial score (nSPS) is 16.3. The van der Waals surface area contributed by atoms with Crippen molar-refractivity contribution in [1.29, 1.82) is 0 Å². The molecule has 144 valence electrons. The number of quaternary nitrogens is 1. The summed E-state index contributed by atoms with van der Waals surface area (Å²) in [5, 5.41) is 2.37. The zero-order chi connectivity index (χ0) is 19.6. The maximum Gasteiger partial charge on any atom is 0.282 e. The molecule has 1 atom stereocenters. The second-order valence-electron chi connectivity index (χ2n) is 6.87. The highest BCUT2D eigenvalue weighted by molar-refractivity contribution is 5.93. The molecule has 1 heterocycles. The van der Waals surface area contributed by atoms with Gasteiger partial charge < -0.3 is 15.1 Å². The fraction of sp³-hybridized carbons (Fsp3) is 0.350. The van der Waals surface area contributed by atoms with E-state index in [-0.39, 0.29) is 5.69 Å². The minimum atomic E-state index is -1.58. The highest BCUT2D eigenvalue weighted by Crippen LogP contribution is 2.20. The standard InChI is InChI=1S/C20H22F3N3O/c1-13-5-3-4-6-17(13)26-11-9-25(10-12-26)14(2)20(27)24-16-8-7-15(21)18(22)19(16)23/h3-8,14H,9-12H2,1-2H3,(H,24,27)/p+1/t14-/m1/s1. The number of carbonyl (C=O) groups excluding carboxylic acids is 1. The molecule has 2 aromatic rings. The van der Waals surface area contributed by atoms with Gasteiger partial charge in [-0.05, 0) is 37.6 Å². The summed E-state index contributed by atoms with van der Waals surface area (Å²) in [6.07, 6.45) is 0. The van der Waals surface area contributed by atoms with E-state index in [1.54, 1.807) is 6.92 Å². The lowest BCUT2D eigenvalue weighted by Crippen LogP contribution is -3.19. The van der Waals surface area contributed by atoms with E-state index in [0.29, 0.717) is 0 Å². The van der Waals surface area contributed by atoms with Crippen molar-refractivity contribution in [3.8, 4) is 0 Å². The van der Waals surface area contributed by atoms with Gasteiger partial charge in [-0.2, -0.15) is 0 Å². The molecule has 3 rings (SSSR count). The Bertz CT molecular complexity index is 835. The molecule has 0 saturated carbocycles. The Balaban J connectivity index is 1.61. The van der Waals surface area contributed by atoms with Gasteiger partial charge in [-0.25, -0.2) is 13.2 Å². The van der Waals surface area contributed by atoms with Crippen LogP contribution in [0.3, 0.4) is 0 Å². The Labute approximate surface area is 156 Å². The van der Waals surface area contributed by atoms with Crippen LogP contribution >= 0.6 is 0 Å². The quantitative estimate of drug-likeness (QED) is 0.800. The van der Waals surface area contributed by atoms with Gasteiger partial charge in [0.05, 0.1) is 31.9 Å². The van der Waals surface area contributed by atoms with Crippen LogP contribution in [0, 0.1) is 24.4 Å². The van der Waals surface area contributed by atoms with Crippen molar-refractivity contribution in [1.82, 2.24) is 0 Å². The van der Waals surface area contributed by atoms with E-state index in [0.717, 1.165) is 43.2 Å². The lowest BCUT2D eigenvalue weighted by Gasteiger charge is -2.36. The lowest BCUT2D eigenvalue weighted by atomic mass is 10.1. The van der Waals surface area contributed by atoms with Crippen LogP contribution in [0.25, 0.3) is 0 Å². The van der Waals surface area contributed by atoms with Crippen molar-refractivity contribution in [3.63, 3.8) is 0 Å². The average Bonchev–Trinajstić information content (AvgIpc) is 2.68. The zero-order valence-electron chi connectivity index (χ0n) is 15.4. The minimum Gasteiger partial charge on any atom is -0.360 e. The van der Waals surface area contributed by atoms with Crippen LogP contribution in [0.2, 0.25) is 0 Å². The summed E-state index contributed by atoms with van der Waals surface area (Å²) in [6, 6.07) is 9.56. The van der Waals surface area contributed by atoms with Crippen molar-refractivity contribution < 1.29 is 22.9 Å². The van der Waals surface area contributed by atoms with E-state index < -0.39 is 29.4 Å². The molecule has 2 aromatic carbocycles. The average molecular weight is 378 g/mol. The maximum absolute atomic E-state index is 13.8. The summed E-state index contributed by atoms with van der Waals surface area (Å²) < 4.78 is 40.1. The molecule has 0 unspecified atom stereocenters. The van der Waals surface area contributed by atoms with E-state index >= 15 is 0 Å². The molecule has 0 aromatic heterocycles. The van der Waals surface area contributed by atoms with Crippen molar-refractivity contribution in [2.45, 2.75) is 19.9 Å². The topological polar surface area (TPSA) is 36.8 Å². The number of piperazine rings is 1. The highest BCUT2D eigenvalue weighted by atomic mass is 19.2. The number of aryl methyl sites for hydroxylation is 1. The summed E-state index contributed by atoms with van der Waals surface area (Å²) >= 11 is 0. The minimum absolute atomic E-state index is 0.344. The Morgan fingerprint density at radius 1 is 1.07 bits per heavy atom. The zero-order valence-corrected chi connectivity index (χ0v) is 15.4. The third-order valence-electron chi connectivity index (χ3n) is 5.16. The van der Waals surface area contributed by atoms with E-state index in [2.05, 4.69) is 29.3 Å². The molecule has 1 amide bonds. The smallest absolute Gasteiger partial charge is 0.282 e. The largest absolute Gasteiger partial charge is 0.360 e. The number of nitrogens with zero attached hydrogens (tertiary/aromatic N) is 1. The number of anilines is 2. The van der Waals surface area contributed by atoms with Gasteiger partial charge in [-0.3, -0.25) is 4.79 Å². The van der Waals surface area contributed by atoms with Crippen molar-refractivity contribution >= 4 is 17.3 Å². The second-order valence-corrected chi connectivity index (χ2v) is 6.87. The predicted octanol–water partition coefficient (Wildman–Crippen LogP) is 2.14. The van der Waals surface area contributed by atoms with E-state index in [9.17, 15) is 18.0 Å². The Morgan fingerprint density at radius 2 is 1.74 bits per heavy atom. The van der Waals surface area contributed by atoms with Crippen LogP contribution in [0.15, 0.2) is 36.4 Å². The summed E-state index contributed by atoms with van der Waals surface area (Å²) in [7, 11) is 0. The lowest BCUT2D eigenvalue weighted by molar-refractivity contribution is -0.914. The molecule has 0 radical (unpaired) electrons. The first-order valence-electron chi connectivity index (χ1n) is 8.98. The van der Waals surface area contributed by atoms with E-state index in [1.165, 1.54) is 11.3 Å². The number of carbonyl (C=O) groups is 1. The number of rotatable bonds is 4. The molecule has 1 saturated heterocycles. The van der Waals surface area contributed by atoms with Crippen molar-refractivity contribution in [2.75, 3.05) is 36.4 Å². The molecule has 2 N–H and O–H groups in total. The fourth-order valence-corrected chi connectivity index (χ4v) is 3.43. The summed E-state index contributed by atoms with van der Waals surface area (Å²) in [5.41, 5.74) is 2.06. The van der Waals surface area contributed by atoms with Crippen LogP contribution in [-0.2, 0) is 4.79 Å². The maximum atomic E-state index is 13.8. The molecule has 1 aliphatic heterocycles. The summed E-state index contributed by atoms with van der Waals surface area (Å²) in [6.45, 7) is 6.94. The number of benzene rings is 2. The molecular weight excluding hydrogens is 355 g/mol. The van der Waals surface area contributed by atoms with Crippen LogP contribution in [-0.4, -0.2) is 38.1 Å². The molecule has 0 spiro atoms. The van der Waals surface area contributed by atoms with Gasteiger partial charge >= 0.3 is 0 Å². The Kier molecular flexibility index (Phi) is 5.70. The van der Waals surface area contributed by atoms with E-state index in [1.807, 2.05) is 12.1 Å². The molecule has 7 heteroatoms. The molecule has 4 nitrogen and oxygen atoms in total. The van der Waals surface area contributed by atoms with Crippen LogP contribution in [0.4, 0.5) is 24.5 Å². The van der Waals surface area contributed by atoms with Gasteiger partial charge in [0.2, 0.25) is 0 Å². The number of hydrogen-bond donors (Lipinski definition) is 2. The van der Waals surface area contributed by atoms with Gasteiger partial charge in [0.15, 0.2) is 23.5 Å². The van der Waals surface area contributed by atoms with Gasteiger partial charge in [0.25, 0.3) is 5.91 Å². The monoisotopic (exact) mass is 378 g/mol. The molecule has 1 fully saturated rings. The number of hydrogen-bond acceptors (Lipinski definition) is 2. The molecule has 27 heavy (non-hydrogen) atoms. The second kappa shape index (κ2) is 8.00. The first kappa shape index (κ1) is 19.2. The number of nitrogens with one attached hydrogen (secondary N) is 2. The number of halogens is 3. The third kappa shape index (κ3) is 4.08. The predicted molar refractivity (Wildman–Crippen MR) is 98.5 cm³/mol. The van der Waals surface area contributed by atoms with Gasteiger partial charge in [0.1, 0.15) is 0 Å². The molecule has 1 aliphatic rings. The fourth-order valence-electron chi connectivity index (χ4n) is 3.43. The van der Waals surface area contributed by atoms with Gasteiger partial charge in [-0.15, -0.1) is 0 Å². The SMILES string of the molecule is Cc1ccccc1N1CC[NH+]([C@H](C)C(=O)Nc2ccc(F)c(F)c2F)CC1. The highest BCUT2D eigenvalue weighted by Gasteiger charge is 2.30.